The first-order chi connectivity index (χ1) is 6.72. The van der Waals surface area contributed by atoms with E-state index in [9.17, 15) is 4.79 Å². The van der Waals surface area contributed by atoms with Crippen molar-refractivity contribution in [2.24, 2.45) is 0 Å². The molecule has 0 radical (unpaired) electrons. The number of aromatic hydroxyl groups is 1. The zero-order valence-electron chi connectivity index (χ0n) is 8.49. The van der Waals surface area contributed by atoms with Gasteiger partial charge in [-0.1, -0.05) is 19.1 Å². The zero-order chi connectivity index (χ0) is 10.4. The van der Waals surface area contributed by atoms with Crippen molar-refractivity contribution < 1.29 is 9.90 Å². The molecule has 14 heavy (non-hydrogen) atoms. The van der Waals surface area contributed by atoms with E-state index in [0.717, 1.165) is 12.8 Å². The number of hydrogen-bond acceptors (Lipinski definition) is 2. The summed E-state index contributed by atoms with van der Waals surface area (Å²) in [5, 5.41) is 9.05. The molecule has 1 rings (SSSR count). The molecule has 0 heterocycles. The predicted molar refractivity (Wildman–Crippen MR) is 56.3 cm³/mol. The summed E-state index contributed by atoms with van der Waals surface area (Å²) in [5.41, 5.74) is 1.17. The first-order valence-corrected chi connectivity index (χ1v) is 5.02. The monoisotopic (exact) mass is 192 g/mol. The topological polar surface area (TPSA) is 37.3 Å². The van der Waals surface area contributed by atoms with E-state index in [4.69, 9.17) is 5.11 Å². The number of phenolic OH excluding ortho intramolecular Hbond substituents is 1. The Balaban J connectivity index is 2.31. The van der Waals surface area contributed by atoms with E-state index in [0.29, 0.717) is 24.4 Å². The lowest BCUT2D eigenvalue weighted by Crippen LogP contribution is -1.96. The van der Waals surface area contributed by atoms with Gasteiger partial charge in [-0.15, -0.1) is 0 Å². The van der Waals surface area contributed by atoms with Crippen molar-refractivity contribution >= 4 is 5.78 Å². The first-order valence-electron chi connectivity index (χ1n) is 5.02. The number of benzene rings is 1. The largest absolute Gasteiger partial charge is 0.508 e. The van der Waals surface area contributed by atoms with Crippen LogP contribution in [-0.4, -0.2) is 10.9 Å². The van der Waals surface area contributed by atoms with Gasteiger partial charge in [0.15, 0.2) is 0 Å². The molecule has 0 saturated heterocycles. The van der Waals surface area contributed by atoms with E-state index in [2.05, 4.69) is 0 Å². The fourth-order valence-electron chi connectivity index (χ4n) is 1.33. The highest BCUT2D eigenvalue weighted by atomic mass is 16.3. The molecule has 0 spiro atoms. The third-order valence-corrected chi connectivity index (χ3v) is 2.25. The Morgan fingerprint density at radius 2 is 1.93 bits per heavy atom. The summed E-state index contributed by atoms with van der Waals surface area (Å²) in [4.78, 5) is 11.0. The van der Waals surface area contributed by atoms with E-state index < -0.39 is 0 Å². The number of ketones is 1. The maximum atomic E-state index is 11.0. The van der Waals surface area contributed by atoms with Crippen LogP contribution < -0.4 is 0 Å². The fourth-order valence-corrected chi connectivity index (χ4v) is 1.33. The van der Waals surface area contributed by atoms with Crippen molar-refractivity contribution in [3.8, 4) is 5.75 Å². The predicted octanol–water partition coefficient (Wildman–Crippen LogP) is 2.69. The second-order valence-corrected chi connectivity index (χ2v) is 3.41. The highest BCUT2D eigenvalue weighted by Crippen LogP contribution is 2.12. The van der Waals surface area contributed by atoms with Crippen molar-refractivity contribution in [3.63, 3.8) is 0 Å². The molecular formula is C12H16O2. The lowest BCUT2D eigenvalue weighted by atomic mass is 10.1. The van der Waals surface area contributed by atoms with Gasteiger partial charge in [0.2, 0.25) is 0 Å². The molecule has 1 aromatic rings. The van der Waals surface area contributed by atoms with Crippen LogP contribution in [0.2, 0.25) is 0 Å². The normalized spacial score (nSPS) is 10.1. The summed E-state index contributed by atoms with van der Waals surface area (Å²) in [7, 11) is 0. The SMILES string of the molecule is CCC(=O)CCCc1ccc(O)cc1. The highest BCUT2D eigenvalue weighted by molar-refractivity contribution is 5.77. The summed E-state index contributed by atoms with van der Waals surface area (Å²) in [6.45, 7) is 1.89. The van der Waals surface area contributed by atoms with Crippen LogP contribution in [0, 0.1) is 0 Å². The van der Waals surface area contributed by atoms with Gasteiger partial charge in [-0.2, -0.15) is 0 Å². The molecule has 76 valence electrons. The summed E-state index contributed by atoms with van der Waals surface area (Å²) < 4.78 is 0. The Bertz CT molecular complexity index is 288. The minimum absolute atomic E-state index is 0.290. The third kappa shape index (κ3) is 3.60. The molecule has 0 aliphatic heterocycles. The average molecular weight is 192 g/mol. The molecule has 0 aromatic heterocycles. The number of hydrogen-bond donors (Lipinski definition) is 1. The molecule has 0 bridgehead atoms. The molecule has 2 heteroatoms. The van der Waals surface area contributed by atoms with Crippen molar-refractivity contribution in [1.29, 1.82) is 0 Å². The van der Waals surface area contributed by atoms with Gasteiger partial charge in [0.05, 0.1) is 0 Å². The van der Waals surface area contributed by atoms with Crippen molar-refractivity contribution in [2.45, 2.75) is 32.6 Å². The molecule has 0 aliphatic rings. The first kappa shape index (κ1) is 10.8. The molecule has 0 unspecified atom stereocenters. The smallest absolute Gasteiger partial charge is 0.132 e. The standard InChI is InChI=1S/C12H16O2/c1-2-11(13)5-3-4-10-6-8-12(14)9-7-10/h6-9,14H,2-5H2,1H3. The van der Waals surface area contributed by atoms with Gasteiger partial charge in [-0.25, -0.2) is 0 Å². The number of rotatable bonds is 5. The molecule has 1 aromatic carbocycles. The van der Waals surface area contributed by atoms with E-state index in [1.807, 2.05) is 19.1 Å². The maximum Gasteiger partial charge on any atom is 0.132 e. The zero-order valence-corrected chi connectivity index (χ0v) is 8.49. The Hall–Kier alpha value is -1.31. The van der Waals surface area contributed by atoms with E-state index in [1.165, 1.54) is 5.56 Å². The molecule has 0 fully saturated rings. The van der Waals surface area contributed by atoms with Crippen LogP contribution in [0.15, 0.2) is 24.3 Å². The quantitative estimate of drug-likeness (QED) is 0.778. The van der Waals surface area contributed by atoms with Crippen molar-refractivity contribution in [1.82, 2.24) is 0 Å². The maximum absolute atomic E-state index is 11.0. The second kappa shape index (κ2) is 5.43. The highest BCUT2D eigenvalue weighted by Gasteiger charge is 1.98. The number of Topliss-reactive ketones (excluding diaryl/α,β-unsaturated/α-hetero) is 1. The molecule has 0 amide bonds. The summed E-state index contributed by atoms with van der Waals surface area (Å²) in [5.74, 6) is 0.613. The van der Waals surface area contributed by atoms with Gasteiger partial charge in [0.1, 0.15) is 11.5 Å². The summed E-state index contributed by atoms with van der Waals surface area (Å²) >= 11 is 0. The molecule has 1 N–H and O–H groups in total. The second-order valence-electron chi connectivity index (χ2n) is 3.41. The third-order valence-electron chi connectivity index (χ3n) is 2.25. The number of aryl methyl sites for hydroxylation is 1. The van der Waals surface area contributed by atoms with Crippen LogP contribution in [0.5, 0.6) is 5.75 Å². The van der Waals surface area contributed by atoms with Crippen LogP contribution in [-0.2, 0) is 11.2 Å². The summed E-state index contributed by atoms with van der Waals surface area (Å²) in [6, 6.07) is 7.14. The van der Waals surface area contributed by atoms with Crippen molar-refractivity contribution in [2.75, 3.05) is 0 Å². The van der Waals surface area contributed by atoms with Crippen LogP contribution >= 0.6 is 0 Å². The number of carbonyl (C=O) groups excluding carboxylic acids is 1. The van der Waals surface area contributed by atoms with E-state index in [1.54, 1.807) is 12.1 Å². The fraction of sp³-hybridized carbons (Fsp3) is 0.417. The molecular weight excluding hydrogens is 176 g/mol. The van der Waals surface area contributed by atoms with Crippen LogP contribution in [0.4, 0.5) is 0 Å². The van der Waals surface area contributed by atoms with Gasteiger partial charge in [0.25, 0.3) is 0 Å². The van der Waals surface area contributed by atoms with Crippen LogP contribution in [0.25, 0.3) is 0 Å². The molecule has 0 aliphatic carbocycles. The van der Waals surface area contributed by atoms with Crippen LogP contribution in [0.3, 0.4) is 0 Å². The van der Waals surface area contributed by atoms with Gasteiger partial charge >= 0.3 is 0 Å². The van der Waals surface area contributed by atoms with Crippen LogP contribution in [0.1, 0.15) is 31.7 Å². The van der Waals surface area contributed by atoms with Crippen molar-refractivity contribution in [3.05, 3.63) is 29.8 Å². The lowest BCUT2D eigenvalue weighted by molar-refractivity contribution is -0.118. The molecule has 0 atom stereocenters. The Morgan fingerprint density at radius 3 is 2.50 bits per heavy atom. The summed E-state index contributed by atoms with van der Waals surface area (Å²) in [6.07, 6.45) is 3.11. The minimum Gasteiger partial charge on any atom is -0.508 e. The number of phenols is 1. The molecule has 0 saturated carbocycles. The average Bonchev–Trinajstić information content (AvgIpc) is 2.21. The van der Waals surface area contributed by atoms with Gasteiger partial charge in [-0.05, 0) is 30.5 Å². The molecule has 2 nitrogen and oxygen atoms in total. The Kier molecular flexibility index (Phi) is 4.17. The number of carbonyl (C=O) groups is 1. The van der Waals surface area contributed by atoms with Gasteiger partial charge < -0.3 is 5.11 Å². The minimum atomic E-state index is 0.290. The van der Waals surface area contributed by atoms with Gasteiger partial charge in [-0.3, -0.25) is 4.79 Å². The van der Waals surface area contributed by atoms with E-state index >= 15 is 0 Å². The van der Waals surface area contributed by atoms with E-state index in [-0.39, 0.29) is 0 Å². The van der Waals surface area contributed by atoms with Gasteiger partial charge in [0, 0.05) is 12.8 Å². The Labute approximate surface area is 84.6 Å². The lowest BCUT2D eigenvalue weighted by Gasteiger charge is -2.00. The Morgan fingerprint density at radius 1 is 1.29 bits per heavy atom.